The molecule has 0 bridgehead atoms. The van der Waals surface area contributed by atoms with Crippen LogP contribution in [-0.2, 0) is 25.6 Å². The van der Waals surface area contributed by atoms with Crippen molar-refractivity contribution < 1.29 is 19.2 Å². The van der Waals surface area contributed by atoms with Crippen LogP contribution >= 0.6 is 12.6 Å². The fourth-order valence-corrected chi connectivity index (χ4v) is 4.00. The van der Waals surface area contributed by atoms with E-state index >= 15 is 0 Å². The summed E-state index contributed by atoms with van der Waals surface area (Å²) in [4.78, 5) is 52.9. The Morgan fingerprint density at radius 3 is 2.42 bits per heavy atom. The summed E-state index contributed by atoms with van der Waals surface area (Å²) < 4.78 is 0. The van der Waals surface area contributed by atoms with E-state index < -0.39 is 41.9 Å². The van der Waals surface area contributed by atoms with Crippen LogP contribution in [0.1, 0.15) is 38.7 Å². The number of hydrogen-bond donors (Lipinski definition) is 7. The number of hydrogen-bond acceptors (Lipinski definition) is 7. The lowest BCUT2D eigenvalue weighted by Crippen LogP contribution is -2.58. The summed E-state index contributed by atoms with van der Waals surface area (Å²) in [6.07, 6.45) is 5.43. The van der Waals surface area contributed by atoms with E-state index in [4.69, 9.17) is 11.5 Å². The summed E-state index contributed by atoms with van der Waals surface area (Å²) >= 11 is 4.01. The van der Waals surface area contributed by atoms with Crippen LogP contribution in [0.4, 0.5) is 0 Å². The maximum atomic E-state index is 13.2. The Hall–Kier alpha value is -2.89. The fourth-order valence-electron chi connectivity index (χ4n) is 3.83. The van der Waals surface area contributed by atoms with Gasteiger partial charge in [-0.15, -0.1) is 0 Å². The Balaban J connectivity index is 2.09. The van der Waals surface area contributed by atoms with E-state index in [1.54, 1.807) is 20.1 Å². The number of rotatable bonds is 15. The number of aromatic nitrogens is 1. The smallest absolute Gasteiger partial charge is 0.243 e. The van der Waals surface area contributed by atoms with Gasteiger partial charge in [0.25, 0.3) is 0 Å². The van der Waals surface area contributed by atoms with Crippen molar-refractivity contribution in [2.45, 2.75) is 63.7 Å². The maximum absolute atomic E-state index is 13.2. The Morgan fingerprint density at radius 2 is 1.78 bits per heavy atom. The van der Waals surface area contributed by atoms with E-state index in [2.05, 4.69) is 33.6 Å². The molecule has 8 N–H and O–H groups in total. The number of unbranched alkanes of at least 4 members (excludes halogenated alkanes) is 1. The Labute approximate surface area is 217 Å². The van der Waals surface area contributed by atoms with Crippen molar-refractivity contribution in [3.63, 3.8) is 0 Å². The number of nitrogens with one attached hydrogen (secondary N) is 4. The van der Waals surface area contributed by atoms with Crippen LogP contribution in [-0.4, -0.2) is 65.5 Å². The zero-order chi connectivity index (χ0) is 26.7. The van der Waals surface area contributed by atoms with Gasteiger partial charge >= 0.3 is 0 Å². The molecule has 0 aliphatic heterocycles. The monoisotopic (exact) mass is 517 g/mol. The number of benzene rings is 1. The fraction of sp³-hybridized carbons (Fsp3) is 0.520. The number of carbonyl (C=O) groups excluding carboxylic acids is 4. The van der Waals surface area contributed by atoms with Gasteiger partial charge in [0.2, 0.25) is 24.0 Å². The molecule has 0 saturated heterocycles. The highest BCUT2D eigenvalue weighted by Gasteiger charge is 2.30. The van der Waals surface area contributed by atoms with Gasteiger partial charge in [0.15, 0.2) is 0 Å². The third-order valence-corrected chi connectivity index (χ3v) is 6.28. The largest absolute Gasteiger partial charge is 0.361 e. The number of amides is 3. The summed E-state index contributed by atoms with van der Waals surface area (Å²) in [6, 6.07) is 4.14. The van der Waals surface area contributed by atoms with Gasteiger partial charge in [-0.1, -0.05) is 32.0 Å². The van der Waals surface area contributed by atoms with E-state index in [1.165, 1.54) is 0 Å². The molecule has 0 aliphatic carbocycles. The van der Waals surface area contributed by atoms with Crippen molar-refractivity contribution in [2.75, 3.05) is 12.3 Å². The Morgan fingerprint density at radius 1 is 1.06 bits per heavy atom. The van der Waals surface area contributed by atoms with E-state index in [0.717, 1.165) is 16.5 Å². The highest BCUT2D eigenvalue weighted by Crippen LogP contribution is 2.19. The van der Waals surface area contributed by atoms with Crippen LogP contribution < -0.4 is 27.4 Å². The number of thiol groups is 1. The summed E-state index contributed by atoms with van der Waals surface area (Å²) in [6.45, 7) is 3.99. The predicted octanol–water partition coefficient (Wildman–Crippen LogP) is 0.317. The molecule has 1 aromatic heterocycles. The predicted molar refractivity (Wildman–Crippen MR) is 143 cm³/mol. The van der Waals surface area contributed by atoms with Gasteiger partial charge in [-0.25, -0.2) is 0 Å². The van der Waals surface area contributed by atoms with Crippen LogP contribution in [0.3, 0.4) is 0 Å². The molecule has 0 unspecified atom stereocenters. The molecule has 1 heterocycles. The molecule has 2 rings (SSSR count). The standard InChI is InChI=1S/C25H37N6O4S/c1-15(2)22(25(35)29-17(13-32)14-36)31-24(34)21(9-5-6-10-26)30-23(33)19(27)11-16-12-28-20-8-4-3-7-18(16)20/h3-4,7-8,12,15,17,19,21-22,28,36H,5-6,9-11,14,26-27H2,1-2H3,(H,29,35)(H,30,33)(H,31,34)/t17-,19+,21+,22+/m1/s1. The van der Waals surface area contributed by atoms with Crippen molar-refractivity contribution in [3.05, 3.63) is 36.0 Å². The highest BCUT2D eigenvalue weighted by atomic mass is 32.1. The van der Waals surface area contributed by atoms with Gasteiger partial charge in [0, 0.05) is 22.9 Å². The quantitative estimate of drug-likeness (QED) is 0.132. The molecular formula is C25H37N6O4S. The number of carbonyl (C=O) groups is 3. The molecule has 4 atom stereocenters. The van der Waals surface area contributed by atoms with Crippen LogP contribution in [0.15, 0.2) is 30.5 Å². The minimum atomic E-state index is -0.915. The van der Waals surface area contributed by atoms with Crippen molar-refractivity contribution in [2.24, 2.45) is 17.4 Å². The third kappa shape index (κ3) is 8.35. The molecule has 3 amide bonds. The third-order valence-electron chi connectivity index (χ3n) is 5.92. The number of fused-ring (bicyclic) bond motifs is 1. The molecule has 2 aromatic rings. The summed E-state index contributed by atoms with van der Waals surface area (Å²) in [7, 11) is 0. The maximum Gasteiger partial charge on any atom is 0.243 e. The van der Waals surface area contributed by atoms with Gasteiger partial charge in [-0.2, -0.15) is 12.6 Å². The molecule has 0 fully saturated rings. The topological polar surface area (TPSA) is 172 Å². The van der Waals surface area contributed by atoms with Crippen molar-refractivity contribution in [1.82, 2.24) is 20.9 Å². The molecule has 0 spiro atoms. The van der Waals surface area contributed by atoms with Gasteiger partial charge < -0.3 is 32.4 Å². The van der Waals surface area contributed by atoms with E-state index in [9.17, 15) is 19.2 Å². The molecule has 197 valence electrons. The molecule has 1 radical (unpaired) electrons. The van der Waals surface area contributed by atoms with Crippen LogP contribution in [0.25, 0.3) is 10.9 Å². The average Bonchev–Trinajstić information content (AvgIpc) is 3.27. The number of para-hydroxylation sites is 1. The van der Waals surface area contributed by atoms with Crippen molar-refractivity contribution in [1.29, 1.82) is 0 Å². The van der Waals surface area contributed by atoms with E-state index in [-0.39, 0.29) is 18.1 Å². The average molecular weight is 518 g/mol. The number of nitrogens with two attached hydrogens (primary N) is 2. The van der Waals surface area contributed by atoms with Gasteiger partial charge in [0.05, 0.1) is 6.04 Å². The Kier molecular flexibility index (Phi) is 11.9. The van der Waals surface area contributed by atoms with Crippen LogP contribution in [0.5, 0.6) is 0 Å². The first-order valence-electron chi connectivity index (χ1n) is 12.1. The minimum Gasteiger partial charge on any atom is -0.361 e. The van der Waals surface area contributed by atoms with Gasteiger partial charge in [-0.05, 0) is 49.8 Å². The molecular weight excluding hydrogens is 480 g/mol. The summed E-state index contributed by atoms with van der Waals surface area (Å²) in [5.74, 6) is -1.69. The lowest BCUT2D eigenvalue weighted by atomic mass is 10.0. The first kappa shape index (κ1) is 29.3. The molecule has 1 aromatic carbocycles. The van der Waals surface area contributed by atoms with Crippen molar-refractivity contribution in [3.8, 4) is 0 Å². The molecule has 0 saturated carbocycles. The lowest BCUT2D eigenvalue weighted by Gasteiger charge is -2.26. The second-order valence-electron chi connectivity index (χ2n) is 9.11. The van der Waals surface area contributed by atoms with Crippen molar-refractivity contribution >= 4 is 47.5 Å². The zero-order valence-corrected chi connectivity index (χ0v) is 21.6. The number of aromatic amines is 1. The normalized spacial score (nSPS) is 14.6. The summed E-state index contributed by atoms with van der Waals surface area (Å²) in [5.41, 5.74) is 13.6. The SMILES string of the molecule is CC(C)[C@H](NC(=O)[C@H](CCCCN)NC(=O)[C@@H](N)Cc1c[nH]c2ccccc12)C(=O)N[C@H]([C]=O)CS. The minimum absolute atomic E-state index is 0.0834. The lowest BCUT2D eigenvalue weighted by molar-refractivity contribution is -0.133. The first-order valence-corrected chi connectivity index (χ1v) is 12.7. The summed E-state index contributed by atoms with van der Waals surface area (Å²) in [5, 5.41) is 8.96. The molecule has 0 aliphatic rings. The highest BCUT2D eigenvalue weighted by molar-refractivity contribution is 7.80. The number of H-pyrrole nitrogens is 1. The zero-order valence-electron chi connectivity index (χ0n) is 20.8. The van der Waals surface area contributed by atoms with Gasteiger partial charge in [-0.3, -0.25) is 19.2 Å². The molecule has 36 heavy (non-hydrogen) atoms. The van der Waals surface area contributed by atoms with Crippen LogP contribution in [0, 0.1) is 5.92 Å². The molecule has 10 nitrogen and oxygen atoms in total. The van der Waals surface area contributed by atoms with E-state index in [0.29, 0.717) is 25.8 Å². The second kappa shape index (κ2) is 14.6. The second-order valence-corrected chi connectivity index (χ2v) is 9.47. The Bertz CT molecular complexity index is 1030. The first-order chi connectivity index (χ1) is 17.2. The van der Waals surface area contributed by atoms with Crippen LogP contribution in [0.2, 0.25) is 0 Å². The molecule has 11 heteroatoms. The van der Waals surface area contributed by atoms with Gasteiger partial charge in [0.1, 0.15) is 18.1 Å². The van der Waals surface area contributed by atoms with E-state index in [1.807, 2.05) is 30.5 Å².